The number of nitrogens with zero attached hydrogens (tertiary/aromatic N) is 4. The first-order valence-electron chi connectivity index (χ1n) is 23.9. The number of rotatable bonds is 8. The number of hydrogen-bond acceptors (Lipinski definition) is 4. The van der Waals surface area contributed by atoms with E-state index in [2.05, 4.69) is 215 Å². The largest absolute Gasteiger partial charge is 0.456 e. The van der Waals surface area contributed by atoms with Crippen LogP contribution in [0.25, 0.3) is 133 Å². The molecule has 0 fully saturated rings. The third-order valence-electron chi connectivity index (χ3n) is 14.3. The third-order valence-corrected chi connectivity index (χ3v) is 14.3. The van der Waals surface area contributed by atoms with Gasteiger partial charge in [0.2, 0.25) is 0 Å². The van der Waals surface area contributed by atoms with E-state index in [4.69, 9.17) is 8.83 Å². The van der Waals surface area contributed by atoms with Crippen LogP contribution >= 0.6 is 0 Å². The average Bonchev–Trinajstić information content (AvgIpc) is 4.17. The molecule has 0 atom stereocenters. The quantitative estimate of drug-likeness (QED) is 0.143. The summed E-state index contributed by atoms with van der Waals surface area (Å²) in [6.07, 6.45) is 11.3. The number of aromatic nitrogens is 4. The molecule has 6 heteroatoms. The fourth-order valence-electron chi connectivity index (χ4n) is 10.8. The van der Waals surface area contributed by atoms with Crippen molar-refractivity contribution < 1.29 is 8.83 Å². The Kier molecular flexibility index (Phi) is 9.16. The van der Waals surface area contributed by atoms with Crippen molar-refractivity contribution in [1.29, 1.82) is 0 Å². The first kappa shape index (κ1) is 40.5. The predicted octanol–water partition coefficient (Wildman–Crippen LogP) is 17.4. The number of fused-ring (bicyclic) bond motifs is 10. The smallest absolute Gasteiger partial charge is 0.138 e. The first-order valence-corrected chi connectivity index (χ1v) is 23.9. The molecule has 0 aliphatic heterocycles. The number of para-hydroxylation sites is 2. The van der Waals surface area contributed by atoms with E-state index in [1.54, 1.807) is 12.4 Å². The Hall–Kier alpha value is -9.52. The summed E-state index contributed by atoms with van der Waals surface area (Å²) in [4.78, 5) is 8.67. The van der Waals surface area contributed by atoms with Crippen LogP contribution in [-0.4, -0.2) is 19.1 Å². The van der Waals surface area contributed by atoms with E-state index in [0.717, 1.165) is 128 Å². The Balaban J connectivity index is 0.890. The van der Waals surface area contributed by atoms with Crippen molar-refractivity contribution in [3.8, 4) is 44.8 Å². The zero-order valence-corrected chi connectivity index (χ0v) is 38.7. The van der Waals surface area contributed by atoms with Crippen molar-refractivity contribution in [3.05, 3.63) is 242 Å². The summed E-state index contributed by atoms with van der Waals surface area (Å²) in [7, 11) is 0. The standard InChI is InChI=1S/C65H42N4O2/c1-3-41(36-64-40(2)56-38-66-29-27-62(56)70-64)44-18-23-58-52(32-44)53-33-45(19-24-59(53)68(58)49-13-6-4-7-14-49)42-11-10-12-43(31-42)46-20-25-60-54(34-46)55-35-47(21-26-61(55)69(60)50-15-8-5-9-16-50)48-17-22-51-57-39-67-30-28-63(57)71-65(51)37-48/h3-39H,1H2,2H3/b41-36+. The lowest BCUT2D eigenvalue weighted by molar-refractivity contribution is 0.601. The molecular weight excluding hydrogens is 869 g/mol. The molecule has 71 heavy (non-hydrogen) atoms. The summed E-state index contributed by atoms with van der Waals surface area (Å²) in [5.41, 5.74) is 19.3. The topological polar surface area (TPSA) is 61.9 Å². The fraction of sp³-hybridized carbons (Fsp3) is 0.0154. The van der Waals surface area contributed by atoms with Crippen molar-refractivity contribution in [2.24, 2.45) is 0 Å². The molecule has 0 unspecified atom stereocenters. The van der Waals surface area contributed by atoms with Crippen LogP contribution in [0.5, 0.6) is 0 Å². The maximum Gasteiger partial charge on any atom is 0.138 e. The predicted molar refractivity (Wildman–Crippen MR) is 293 cm³/mol. The molecule has 8 aromatic carbocycles. The van der Waals surface area contributed by atoms with Crippen LogP contribution in [-0.2, 0) is 0 Å². The van der Waals surface area contributed by atoms with Crippen LogP contribution < -0.4 is 0 Å². The molecule has 0 N–H and O–H groups in total. The summed E-state index contributed by atoms with van der Waals surface area (Å²) in [5.74, 6) is 0.804. The lowest BCUT2D eigenvalue weighted by atomic mass is 9.96. The van der Waals surface area contributed by atoms with E-state index < -0.39 is 0 Å². The van der Waals surface area contributed by atoms with Gasteiger partial charge in [-0.15, -0.1) is 0 Å². The van der Waals surface area contributed by atoms with E-state index in [1.165, 1.54) is 16.2 Å². The van der Waals surface area contributed by atoms with Crippen molar-refractivity contribution in [3.63, 3.8) is 0 Å². The highest BCUT2D eigenvalue weighted by Gasteiger charge is 2.19. The van der Waals surface area contributed by atoms with Crippen LogP contribution in [0.2, 0.25) is 0 Å². The Morgan fingerprint density at radius 2 is 0.915 bits per heavy atom. The fourth-order valence-corrected chi connectivity index (χ4v) is 10.8. The lowest BCUT2D eigenvalue weighted by Crippen LogP contribution is -1.93. The number of allylic oxidation sites excluding steroid dienone is 2. The van der Waals surface area contributed by atoms with Gasteiger partial charge in [-0.25, -0.2) is 0 Å². The van der Waals surface area contributed by atoms with Gasteiger partial charge in [-0.3, -0.25) is 9.97 Å². The normalized spacial score (nSPS) is 12.2. The Labute approximate surface area is 408 Å². The number of benzene rings is 8. The van der Waals surface area contributed by atoms with Gasteiger partial charge in [0, 0.05) is 79.4 Å². The molecule has 0 saturated carbocycles. The van der Waals surface area contributed by atoms with E-state index in [-0.39, 0.29) is 0 Å². The SMILES string of the molecule is C=C/C(=C\c1oc2ccncc2c1C)c1ccc2c(c1)c1cc(-c3cccc(-c4ccc5c(c4)c4cc(-c6ccc7c(c6)oc6ccncc67)ccc4n5-c4ccccc4)c3)ccc1n2-c1ccccc1. The molecule has 0 radical (unpaired) electrons. The molecule has 0 aliphatic rings. The van der Waals surface area contributed by atoms with Gasteiger partial charge in [0.05, 0.1) is 22.1 Å². The number of aryl methyl sites for hydroxylation is 1. The van der Waals surface area contributed by atoms with Gasteiger partial charge >= 0.3 is 0 Å². The minimum absolute atomic E-state index is 0.804. The van der Waals surface area contributed by atoms with Gasteiger partial charge in [0.25, 0.3) is 0 Å². The molecule has 14 rings (SSSR count). The highest BCUT2D eigenvalue weighted by atomic mass is 16.3. The van der Waals surface area contributed by atoms with Crippen LogP contribution in [0.3, 0.4) is 0 Å². The number of pyridine rings is 2. The molecule has 6 nitrogen and oxygen atoms in total. The molecule has 0 aliphatic carbocycles. The zero-order chi connectivity index (χ0) is 47.2. The van der Waals surface area contributed by atoms with Gasteiger partial charge in [-0.1, -0.05) is 97.6 Å². The molecule has 0 amide bonds. The molecular formula is C65H42N4O2. The molecule has 6 heterocycles. The monoisotopic (exact) mass is 910 g/mol. The molecule has 334 valence electrons. The zero-order valence-electron chi connectivity index (χ0n) is 38.7. The van der Waals surface area contributed by atoms with Gasteiger partial charge in [-0.05, 0) is 161 Å². The number of furan rings is 2. The Bertz CT molecular complexity index is 4490. The molecule has 0 saturated heterocycles. The van der Waals surface area contributed by atoms with Gasteiger partial charge in [0.1, 0.15) is 22.5 Å². The Morgan fingerprint density at radius 1 is 0.423 bits per heavy atom. The van der Waals surface area contributed by atoms with Gasteiger partial charge in [0.15, 0.2) is 0 Å². The summed E-state index contributed by atoms with van der Waals surface area (Å²) in [6, 6.07) is 67.8. The van der Waals surface area contributed by atoms with E-state index in [9.17, 15) is 0 Å². The van der Waals surface area contributed by atoms with Crippen LogP contribution in [0.1, 0.15) is 16.9 Å². The second kappa shape index (κ2) is 16.0. The average molecular weight is 911 g/mol. The second-order valence-electron chi connectivity index (χ2n) is 18.3. The van der Waals surface area contributed by atoms with E-state index in [1.807, 2.05) is 30.6 Å². The van der Waals surface area contributed by atoms with E-state index >= 15 is 0 Å². The summed E-state index contributed by atoms with van der Waals surface area (Å²) >= 11 is 0. The molecule has 0 bridgehead atoms. The maximum absolute atomic E-state index is 6.31. The highest BCUT2D eigenvalue weighted by molar-refractivity contribution is 6.14. The number of hydrogen-bond donors (Lipinski definition) is 0. The van der Waals surface area contributed by atoms with Gasteiger partial charge < -0.3 is 18.0 Å². The van der Waals surface area contributed by atoms with Crippen molar-refractivity contribution >= 4 is 88.2 Å². The second-order valence-corrected chi connectivity index (χ2v) is 18.3. The van der Waals surface area contributed by atoms with Crippen LogP contribution in [0.15, 0.2) is 234 Å². The summed E-state index contributed by atoms with van der Waals surface area (Å²) < 4.78 is 17.3. The third kappa shape index (κ3) is 6.57. The minimum Gasteiger partial charge on any atom is -0.456 e. The van der Waals surface area contributed by atoms with Crippen LogP contribution in [0.4, 0.5) is 0 Å². The minimum atomic E-state index is 0.804. The van der Waals surface area contributed by atoms with Gasteiger partial charge in [-0.2, -0.15) is 0 Å². The first-order chi connectivity index (χ1) is 35.0. The molecule has 14 aromatic rings. The molecule has 6 aromatic heterocycles. The van der Waals surface area contributed by atoms with Crippen molar-refractivity contribution in [1.82, 2.24) is 19.1 Å². The molecule has 0 spiro atoms. The van der Waals surface area contributed by atoms with E-state index in [0.29, 0.717) is 0 Å². The summed E-state index contributed by atoms with van der Waals surface area (Å²) in [6.45, 7) is 6.32. The van der Waals surface area contributed by atoms with Crippen molar-refractivity contribution in [2.75, 3.05) is 0 Å². The van der Waals surface area contributed by atoms with Crippen molar-refractivity contribution in [2.45, 2.75) is 6.92 Å². The maximum atomic E-state index is 6.31. The highest BCUT2D eigenvalue weighted by Crippen LogP contribution is 2.41. The Morgan fingerprint density at radius 3 is 1.48 bits per heavy atom. The summed E-state index contributed by atoms with van der Waals surface area (Å²) in [5, 5.41) is 7.81. The van der Waals surface area contributed by atoms with Crippen LogP contribution in [0, 0.1) is 6.92 Å². The lowest BCUT2D eigenvalue weighted by Gasteiger charge is -2.10.